The molecule has 1 aliphatic carbocycles. The highest BCUT2D eigenvalue weighted by atomic mass is 16.6. The molecule has 4 bridgehead atoms. The second-order valence-electron chi connectivity index (χ2n) is 15.4. The van der Waals surface area contributed by atoms with Gasteiger partial charge in [0, 0.05) is 35.8 Å². The molecule has 0 aromatic carbocycles. The van der Waals surface area contributed by atoms with Crippen LogP contribution in [0.5, 0.6) is 0 Å². The van der Waals surface area contributed by atoms with Crippen molar-refractivity contribution in [2.45, 2.75) is 104 Å². The number of nitrogens with one attached hydrogen (secondary N) is 1. The molecule has 288 valence electrons. The highest BCUT2D eigenvalue weighted by molar-refractivity contribution is 6.04. The summed E-state index contributed by atoms with van der Waals surface area (Å²) >= 11 is 0. The number of cyclic esters (lactones) is 2. The van der Waals surface area contributed by atoms with Gasteiger partial charge in [0.15, 0.2) is 0 Å². The summed E-state index contributed by atoms with van der Waals surface area (Å²) in [5.74, 6) is 0.196. The van der Waals surface area contributed by atoms with Crippen LogP contribution in [0.3, 0.4) is 0 Å². The largest absolute Gasteiger partial charge is 0.457 e. The monoisotopic (exact) mass is 737 g/mol. The van der Waals surface area contributed by atoms with Crippen LogP contribution in [0.2, 0.25) is 0 Å². The second-order valence-corrected chi connectivity index (χ2v) is 15.4. The molecule has 54 heavy (non-hydrogen) atoms. The number of aliphatic imine (C=N–C) groups is 1. The Kier molecular flexibility index (Phi) is 13.6. The molecular weight excluding hydrogens is 682 g/mol. The van der Waals surface area contributed by atoms with Gasteiger partial charge in [0.25, 0.3) is 0 Å². The number of aliphatic hydroxyl groups excluding tert-OH is 2. The summed E-state index contributed by atoms with van der Waals surface area (Å²) in [6.07, 6.45) is 32.8. The molecule has 4 aliphatic rings. The summed E-state index contributed by atoms with van der Waals surface area (Å²) < 4.78 is 17.8. The minimum absolute atomic E-state index is 0.104. The van der Waals surface area contributed by atoms with Crippen molar-refractivity contribution in [3.63, 3.8) is 0 Å². The lowest BCUT2D eigenvalue weighted by Crippen LogP contribution is -2.42. The average molecular weight is 738 g/mol. The molecule has 1 aromatic heterocycles. The maximum Gasteiger partial charge on any atom is 0.356 e. The quantitative estimate of drug-likeness (QED) is 0.155. The molecule has 3 aliphatic heterocycles. The fourth-order valence-corrected chi connectivity index (χ4v) is 6.37. The number of epoxide rings is 1. The zero-order valence-electron chi connectivity index (χ0n) is 32.2. The number of carbonyl (C=O) groups excluding carboxylic acids is 2. The third kappa shape index (κ3) is 10.7. The van der Waals surface area contributed by atoms with Crippen LogP contribution in [-0.4, -0.2) is 74.5 Å². The molecule has 2 fully saturated rings. The van der Waals surface area contributed by atoms with E-state index in [2.05, 4.69) is 27.1 Å². The first-order chi connectivity index (χ1) is 25.8. The van der Waals surface area contributed by atoms with Gasteiger partial charge in [-0.15, -0.1) is 0 Å². The summed E-state index contributed by atoms with van der Waals surface area (Å²) in [5, 5.41) is 21.8. The molecule has 8 atom stereocenters. The molecule has 0 unspecified atom stereocenters. The maximum absolute atomic E-state index is 13.3. The van der Waals surface area contributed by atoms with Crippen molar-refractivity contribution in [2.75, 3.05) is 0 Å². The van der Waals surface area contributed by atoms with E-state index in [1.54, 1.807) is 36.5 Å². The van der Waals surface area contributed by atoms with E-state index in [0.717, 1.165) is 12.1 Å². The zero-order valence-corrected chi connectivity index (χ0v) is 32.2. The van der Waals surface area contributed by atoms with Crippen molar-refractivity contribution in [2.24, 2.45) is 27.7 Å². The Hall–Kier alpha value is -4.64. The Labute approximate surface area is 319 Å². The number of imidazole rings is 1. The topological polar surface area (TPSA) is 147 Å². The number of nitrogens with zero attached hydrogens (tertiary/aromatic N) is 2. The first kappa shape index (κ1) is 40.5. The molecule has 5 rings (SSSR count). The molecule has 3 N–H and O–H groups in total. The van der Waals surface area contributed by atoms with E-state index in [-0.39, 0.29) is 23.6 Å². The Morgan fingerprint density at radius 2 is 1.39 bits per heavy atom. The van der Waals surface area contributed by atoms with Crippen LogP contribution in [0, 0.1) is 22.7 Å². The summed E-state index contributed by atoms with van der Waals surface area (Å²) in [7, 11) is 0. The minimum Gasteiger partial charge on any atom is -0.457 e. The molecular formula is C44H55N3O7. The van der Waals surface area contributed by atoms with Gasteiger partial charge in [0.2, 0.25) is 0 Å². The normalized spacial score (nSPS) is 31.8. The van der Waals surface area contributed by atoms with Gasteiger partial charge in [0.05, 0.1) is 18.4 Å². The summed E-state index contributed by atoms with van der Waals surface area (Å²) in [6, 6.07) is 0. The van der Waals surface area contributed by atoms with Crippen LogP contribution in [0.25, 0.3) is 6.08 Å². The number of rotatable bonds is 6. The number of allylic oxidation sites excluding steroid dienone is 10. The fraction of sp³-hybridized carbons (Fsp3) is 0.455. The predicted molar refractivity (Wildman–Crippen MR) is 211 cm³/mol. The van der Waals surface area contributed by atoms with E-state index >= 15 is 0 Å². The molecule has 10 heteroatoms. The highest BCUT2D eigenvalue weighted by Crippen LogP contribution is 2.41. The lowest BCUT2D eigenvalue weighted by molar-refractivity contribution is -0.153. The van der Waals surface area contributed by atoms with Gasteiger partial charge in [0.1, 0.15) is 41.6 Å². The lowest BCUT2D eigenvalue weighted by atomic mass is 9.79. The van der Waals surface area contributed by atoms with Gasteiger partial charge in [-0.05, 0) is 50.3 Å². The van der Waals surface area contributed by atoms with Gasteiger partial charge >= 0.3 is 11.9 Å². The Morgan fingerprint density at radius 1 is 0.796 bits per heavy atom. The van der Waals surface area contributed by atoms with Crippen molar-refractivity contribution in [3.05, 3.63) is 121 Å². The van der Waals surface area contributed by atoms with Crippen molar-refractivity contribution < 1.29 is 34.0 Å². The van der Waals surface area contributed by atoms with Gasteiger partial charge in [-0.1, -0.05) is 113 Å². The van der Waals surface area contributed by atoms with Gasteiger partial charge in [-0.25, -0.2) is 19.6 Å². The third-order valence-corrected chi connectivity index (χ3v) is 10.5. The zero-order chi connectivity index (χ0) is 38.9. The van der Waals surface area contributed by atoms with Crippen LogP contribution >= 0.6 is 0 Å². The average Bonchev–Trinajstić information content (AvgIpc) is 3.93. The molecule has 0 amide bonds. The number of carbonyl (C=O) groups is 2. The molecule has 0 spiro atoms. The number of esters is 2. The van der Waals surface area contributed by atoms with E-state index in [1.165, 1.54) is 6.20 Å². The van der Waals surface area contributed by atoms with E-state index in [9.17, 15) is 19.8 Å². The van der Waals surface area contributed by atoms with Gasteiger partial charge in [-0.2, -0.15) is 0 Å². The van der Waals surface area contributed by atoms with E-state index < -0.39 is 47.2 Å². The second kappa shape index (κ2) is 18.1. The fourth-order valence-electron chi connectivity index (χ4n) is 6.37. The molecule has 4 heterocycles. The Bertz CT molecular complexity index is 1800. The van der Waals surface area contributed by atoms with Crippen LogP contribution < -0.4 is 0 Å². The maximum atomic E-state index is 13.3. The smallest absolute Gasteiger partial charge is 0.356 e. The molecule has 1 saturated heterocycles. The summed E-state index contributed by atoms with van der Waals surface area (Å²) in [4.78, 5) is 38.5. The number of hydrogen-bond donors (Lipinski definition) is 3. The van der Waals surface area contributed by atoms with E-state index in [4.69, 9.17) is 14.2 Å². The van der Waals surface area contributed by atoms with Crippen molar-refractivity contribution in [1.29, 1.82) is 0 Å². The van der Waals surface area contributed by atoms with Crippen LogP contribution in [-0.2, 0) is 19.0 Å². The first-order valence-corrected chi connectivity index (χ1v) is 18.9. The van der Waals surface area contributed by atoms with Crippen molar-refractivity contribution >= 4 is 23.7 Å². The van der Waals surface area contributed by atoms with E-state index in [1.807, 2.05) is 96.2 Å². The lowest BCUT2D eigenvalue weighted by Gasteiger charge is -2.36. The highest BCUT2D eigenvalue weighted by Gasteiger charge is 2.40. The van der Waals surface area contributed by atoms with Crippen molar-refractivity contribution in [3.8, 4) is 0 Å². The summed E-state index contributed by atoms with van der Waals surface area (Å²) in [5.41, 5.74) is -0.314. The van der Waals surface area contributed by atoms with Crippen LogP contribution in [0.4, 0.5) is 0 Å². The number of H-pyrrole nitrogens is 1. The first-order valence-electron chi connectivity index (χ1n) is 18.9. The molecule has 1 saturated carbocycles. The minimum atomic E-state index is -0.836. The standard InChI is InChI=1S/C44H55N3O7/c1-7-15-36(48)43(3,4)38-22-13-18-30-27-29(30)17-9-12-24-40-45-28-33(47-40)42(51)54-39(44(5,6)37(49)16-8-2)23-14-21-35-34(52-35)20-11-10-19-31-25-26-32(46-31)41(50)53-38/h7-21,24,26,28-30,34-39,48-49H,22-23,25,27H2,1-6H3,(H,45,47)/b15-7+,16-8+,17-9+,18-13-,19-10-,20-11+,21-14-,24-12-/t29-,30+,34+,35-,36+,37+,38+,39+/m1/s1. The number of hydrogen-bond acceptors (Lipinski definition) is 9. The third-order valence-electron chi connectivity index (χ3n) is 10.5. The predicted octanol–water partition coefficient (Wildman–Crippen LogP) is 7.49. The number of ether oxygens (including phenoxy) is 3. The van der Waals surface area contributed by atoms with Gasteiger partial charge < -0.3 is 29.4 Å². The summed E-state index contributed by atoms with van der Waals surface area (Å²) in [6.45, 7) is 11.2. The SMILES string of the molecule is C/C=C/[C@H](O)C(C)(C)[C@@H]1C/C=C\[C@H]2C[C@H]2/C=C/C=C\c2ncc([nH]2)C(=O)O[C@H](C(C)(C)[C@@H](O)/C=C/C)C/C=C\[C@H]2O[C@H]2/C=C/C=C\C2=NC(=CC2)C(=O)O1. The van der Waals surface area contributed by atoms with Crippen molar-refractivity contribution in [1.82, 2.24) is 9.97 Å². The number of aliphatic hydroxyl groups is 2. The Balaban J connectivity index is 1.34. The van der Waals surface area contributed by atoms with Crippen LogP contribution in [0.1, 0.15) is 83.5 Å². The van der Waals surface area contributed by atoms with E-state index in [0.29, 0.717) is 36.9 Å². The Morgan fingerprint density at radius 3 is 2.07 bits per heavy atom. The molecule has 10 nitrogen and oxygen atoms in total. The molecule has 0 radical (unpaired) electrons. The molecule has 1 aromatic rings. The van der Waals surface area contributed by atoms with Gasteiger partial charge in [-0.3, -0.25) is 0 Å². The van der Waals surface area contributed by atoms with Crippen LogP contribution in [0.15, 0.2) is 114 Å². The number of aromatic nitrogens is 2. The number of fused-ring (bicyclic) bond motifs is 5. The number of aromatic amines is 1.